The number of guanidine groups is 1. The van der Waals surface area contributed by atoms with Crippen molar-refractivity contribution in [3.8, 4) is 11.1 Å². The highest BCUT2D eigenvalue weighted by Crippen LogP contribution is 2.68. The van der Waals surface area contributed by atoms with Gasteiger partial charge in [0, 0.05) is 24.1 Å². The van der Waals surface area contributed by atoms with Crippen molar-refractivity contribution >= 4 is 23.7 Å². The van der Waals surface area contributed by atoms with Crippen LogP contribution in [-0.2, 0) is 9.53 Å². The number of fused-ring (bicyclic) bond motifs is 5. The Labute approximate surface area is 306 Å². The first kappa shape index (κ1) is 37.9. The van der Waals surface area contributed by atoms with Crippen LogP contribution in [0.5, 0.6) is 0 Å². The predicted molar refractivity (Wildman–Crippen MR) is 197 cm³/mol. The summed E-state index contributed by atoms with van der Waals surface area (Å²) in [6, 6.07) is 14.1. The molecule has 52 heavy (non-hydrogen) atoms. The highest BCUT2D eigenvalue weighted by atomic mass is 16.5. The number of aliphatic hydroxyl groups excluding tert-OH is 2. The average molecular weight is 717 g/mol. The van der Waals surface area contributed by atoms with E-state index in [1.165, 1.54) is 0 Å². The van der Waals surface area contributed by atoms with Gasteiger partial charge < -0.3 is 31.1 Å². The summed E-state index contributed by atoms with van der Waals surface area (Å²) in [6.07, 6.45) is 6.05. The van der Waals surface area contributed by atoms with Gasteiger partial charge in [0.15, 0.2) is 5.96 Å². The van der Waals surface area contributed by atoms with Gasteiger partial charge in [-0.3, -0.25) is 25.1 Å². The van der Waals surface area contributed by atoms with Gasteiger partial charge in [-0.05, 0) is 133 Å². The molecular weight excluding hydrogens is 660 g/mol. The molecule has 6 rings (SSSR count). The fourth-order valence-corrected chi connectivity index (χ4v) is 11.2. The number of aliphatic hydroxyl groups is 2. The number of nitrogens with two attached hydrogens (primary N) is 1. The lowest BCUT2D eigenvalue weighted by atomic mass is 9.43. The smallest absolute Gasteiger partial charge is 0.303 e. The minimum atomic E-state index is -0.772. The highest BCUT2D eigenvalue weighted by Gasteiger charge is 2.65. The lowest BCUT2D eigenvalue weighted by Crippen LogP contribution is -2.62. The zero-order chi connectivity index (χ0) is 37.4. The number of rotatable bonds is 11. The molecule has 4 saturated carbocycles. The Morgan fingerprint density at radius 1 is 0.962 bits per heavy atom. The molecule has 2 aromatic rings. The first-order valence-corrected chi connectivity index (χ1v) is 19.1. The monoisotopic (exact) mass is 716 g/mol. The number of carboxylic acid groups (broad SMARTS) is 1. The van der Waals surface area contributed by atoms with E-state index in [0.29, 0.717) is 43.0 Å². The lowest BCUT2D eigenvalue weighted by Gasteiger charge is -2.63. The second kappa shape index (κ2) is 15.3. The third kappa shape index (κ3) is 7.37. The number of hydrogen-bond acceptors (Lipinski definition) is 7. The van der Waals surface area contributed by atoms with Crippen LogP contribution in [0.1, 0.15) is 99.3 Å². The zero-order valence-corrected chi connectivity index (χ0v) is 30.6. The number of ether oxygens (including phenoxy) is 1. The van der Waals surface area contributed by atoms with Gasteiger partial charge in [0.05, 0.1) is 24.9 Å². The van der Waals surface area contributed by atoms with Crippen molar-refractivity contribution < 1.29 is 34.4 Å². The van der Waals surface area contributed by atoms with Crippen molar-refractivity contribution in [2.45, 2.75) is 96.9 Å². The van der Waals surface area contributed by atoms with Crippen LogP contribution < -0.4 is 16.4 Å². The topological polar surface area (TPSA) is 195 Å². The van der Waals surface area contributed by atoms with Crippen LogP contribution in [0, 0.1) is 51.7 Å². The summed E-state index contributed by atoms with van der Waals surface area (Å²) >= 11 is 0. The van der Waals surface area contributed by atoms with Crippen LogP contribution in [0.15, 0.2) is 48.5 Å². The summed E-state index contributed by atoms with van der Waals surface area (Å²) in [5.41, 5.74) is 7.52. The van der Waals surface area contributed by atoms with E-state index in [1.807, 2.05) is 12.1 Å². The molecular formula is C41H56N4O7. The van der Waals surface area contributed by atoms with Crippen LogP contribution in [0.3, 0.4) is 0 Å². The Balaban J connectivity index is 1.01. The molecule has 2 amide bonds. The number of carbonyl (C=O) groups is 3. The molecule has 4 fully saturated rings. The Morgan fingerprint density at radius 3 is 2.42 bits per heavy atom. The molecule has 2 aromatic carbocycles. The van der Waals surface area contributed by atoms with E-state index in [4.69, 9.17) is 15.9 Å². The quantitative estimate of drug-likeness (QED) is 0.0937. The third-order valence-corrected chi connectivity index (χ3v) is 13.9. The third-order valence-electron chi connectivity index (χ3n) is 13.9. The van der Waals surface area contributed by atoms with Crippen LogP contribution in [0.2, 0.25) is 0 Å². The fraction of sp³-hybridized carbons (Fsp3) is 0.610. The summed E-state index contributed by atoms with van der Waals surface area (Å²) in [6.45, 7) is 7.50. The number of nitrogens with one attached hydrogen (secondary N) is 3. The van der Waals surface area contributed by atoms with E-state index < -0.39 is 30.0 Å². The first-order chi connectivity index (χ1) is 24.7. The molecule has 0 heterocycles. The molecule has 0 saturated heterocycles. The highest BCUT2D eigenvalue weighted by molar-refractivity contribution is 6.04. The number of benzene rings is 2. The van der Waals surface area contributed by atoms with Gasteiger partial charge >= 0.3 is 5.97 Å². The summed E-state index contributed by atoms with van der Waals surface area (Å²) < 4.78 is 6.33. The van der Waals surface area contributed by atoms with Crippen molar-refractivity contribution in [2.75, 3.05) is 13.2 Å². The Hall–Kier alpha value is -3.80. The summed E-state index contributed by atoms with van der Waals surface area (Å²) in [7, 11) is 0. The van der Waals surface area contributed by atoms with Crippen LogP contribution in [0.25, 0.3) is 11.1 Å². The van der Waals surface area contributed by atoms with Gasteiger partial charge in [0.1, 0.15) is 0 Å². The number of aliphatic carboxylic acids is 1. The number of amides is 2. The maximum Gasteiger partial charge on any atom is 0.303 e. The molecule has 11 nitrogen and oxygen atoms in total. The summed E-state index contributed by atoms with van der Waals surface area (Å²) in [5, 5.41) is 45.3. The van der Waals surface area contributed by atoms with Crippen LogP contribution in [0.4, 0.5) is 0 Å². The average Bonchev–Trinajstić information content (AvgIpc) is 3.48. The zero-order valence-electron chi connectivity index (χ0n) is 30.6. The number of hydrogen-bond donors (Lipinski definition) is 7. The van der Waals surface area contributed by atoms with Gasteiger partial charge in [0.25, 0.3) is 11.8 Å². The molecule has 11 heteroatoms. The van der Waals surface area contributed by atoms with E-state index in [9.17, 15) is 29.7 Å². The fourth-order valence-electron chi connectivity index (χ4n) is 11.2. The molecule has 11 unspecified atom stereocenters. The SMILES string of the molecule is CC(CCC(=O)O)C1CCC2C3C(O)CC4CC(OCCNC(=O)c5cccc(-c6ccc(C(=O)NC(=N)N)cc6)c5)CCC4(C)C3CC(O)C12C. The molecule has 0 aliphatic heterocycles. The van der Waals surface area contributed by atoms with Gasteiger partial charge in [-0.15, -0.1) is 0 Å². The first-order valence-electron chi connectivity index (χ1n) is 19.1. The molecule has 8 N–H and O–H groups in total. The van der Waals surface area contributed by atoms with E-state index in [1.54, 1.807) is 36.4 Å². The maximum absolute atomic E-state index is 13.0. The van der Waals surface area contributed by atoms with Crippen molar-refractivity contribution in [1.82, 2.24) is 10.6 Å². The van der Waals surface area contributed by atoms with E-state index in [-0.39, 0.29) is 58.9 Å². The van der Waals surface area contributed by atoms with E-state index in [0.717, 1.165) is 49.7 Å². The Kier molecular flexibility index (Phi) is 11.1. The predicted octanol–water partition coefficient (Wildman–Crippen LogP) is 5.19. The minimum Gasteiger partial charge on any atom is -0.481 e. The maximum atomic E-state index is 13.0. The van der Waals surface area contributed by atoms with Crippen LogP contribution >= 0.6 is 0 Å². The van der Waals surface area contributed by atoms with Crippen molar-refractivity contribution in [1.29, 1.82) is 5.41 Å². The molecule has 0 aromatic heterocycles. The molecule has 4 aliphatic rings. The molecule has 0 spiro atoms. The van der Waals surface area contributed by atoms with Gasteiger partial charge in [-0.2, -0.15) is 0 Å². The Bertz CT molecular complexity index is 1650. The van der Waals surface area contributed by atoms with Crippen molar-refractivity contribution in [3.63, 3.8) is 0 Å². The molecule has 282 valence electrons. The standard InChI is InChI=1S/C41H56N4O7/c1-23(7-14-35(48)49)30-12-13-31-36-32(22-34(47)41(30,31)3)40(2)16-15-29(20-28(40)21-33(36)46)52-18-17-44-37(50)27-6-4-5-26(19-27)24-8-10-25(11-9-24)38(51)45-39(42)43/h4-6,8-11,19,23,28-34,36,46-47H,7,12-18,20-22H2,1-3H3,(H,44,50)(H,48,49)(H4,42,43,45,51). The second-order valence-corrected chi connectivity index (χ2v) is 16.6. The number of carboxylic acids is 1. The van der Waals surface area contributed by atoms with Crippen molar-refractivity contribution in [3.05, 3.63) is 59.7 Å². The molecule has 11 atom stereocenters. The Morgan fingerprint density at radius 2 is 1.71 bits per heavy atom. The normalized spacial score (nSPS) is 34.2. The lowest BCUT2D eigenvalue weighted by molar-refractivity contribution is -0.209. The van der Waals surface area contributed by atoms with Crippen LogP contribution in [-0.4, -0.2) is 70.5 Å². The number of carbonyl (C=O) groups excluding carboxylic acids is 2. The van der Waals surface area contributed by atoms with E-state index >= 15 is 0 Å². The van der Waals surface area contributed by atoms with Gasteiger partial charge in [0.2, 0.25) is 0 Å². The molecule has 4 aliphatic carbocycles. The second-order valence-electron chi connectivity index (χ2n) is 16.6. The molecule has 0 radical (unpaired) electrons. The van der Waals surface area contributed by atoms with Gasteiger partial charge in [-0.1, -0.05) is 45.0 Å². The summed E-state index contributed by atoms with van der Waals surface area (Å²) in [5.74, 6) is -0.468. The van der Waals surface area contributed by atoms with Gasteiger partial charge in [-0.25, -0.2) is 0 Å². The molecule has 0 bridgehead atoms. The minimum absolute atomic E-state index is 0.0135. The van der Waals surface area contributed by atoms with Crippen molar-refractivity contribution in [2.24, 2.45) is 52.1 Å². The largest absolute Gasteiger partial charge is 0.481 e. The summed E-state index contributed by atoms with van der Waals surface area (Å²) in [4.78, 5) is 36.4. The van der Waals surface area contributed by atoms with E-state index in [2.05, 4.69) is 31.4 Å².